The number of hydrogen-bond acceptors (Lipinski definition) is 3. The maximum Gasteiger partial charge on any atom is 0.136 e. The Labute approximate surface area is 415 Å². The lowest BCUT2D eigenvalue weighted by molar-refractivity contribution is 0.669. The molecule has 0 unspecified atom stereocenters. The minimum atomic E-state index is 0.881. The fraction of sp³-hybridized carbons (Fsp3) is 0. The van der Waals surface area contributed by atoms with Crippen LogP contribution in [0.3, 0.4) is 0 Å². The van der Waals surface area contributed by atoms with Crippen LogP contribution in [0, 0.1) is 0 Å². The number of thiophene rings is 1. The normalized spacial score (nSPS) is 11.7. The van der Waals surface area contributed by atoms with Gasteiger partial charge in [0.2, 0.25) is 0 Å². The molecule has 0 saturated carbocycles. The van der Waals surface area contributed by atoms with E-state index >= 15 is 0 Å². The van der Waals surface area contributed by atoms with Crippen molar-refractivity contribution in [3.05, 3.63) is 261 Å². The van der Waals surface area contributed by atoms with Gasteiger partial charge in [-0.3, -0.25) is 0 Å². The van der Waals surface area contributed by atoms with E-state index in [-0.39, 0.29) is 0 Å². The van der Waals surface area contributed by atoms with Crippen LogP contribution < -0.4 is 4.90 Å². The van der Waals surface area contributed by atoms with E-state index in [2.05, 4.69) is 266 Å². The molecule has 2 aromatic heterocycles. The molecule has 0 aliphatic carbocycles. The van der Waals surface area contributed by atoms with Crippen LogP contribution >= 0.6 is 11.3 Å². The van der Waals surface area contributed by atoms with Gasteiger partial charge in [0, 0.05) is 48.0 Å². The van der Waals surface area contributed by atoms with Gasteiger partial charge < -0.3 is 9.32 Å². The molecule has 0 radical (unpaired) electrons. The van der Waals surface area contributed by atoms with E-state index in [1.54, 1.807) is 0 Å². The molecule has 71 heavy (non-hydrogen) atoms. The van der Waals surface area contributed by atoms with Crippen molar-refractivity contribution >= 4 is 92.1 Å². The van der Waals surface area contributed by atoms with E-state index in [1.165, 1.54) is 52.8 Å². The van der Waals surface area contributed by atoms with Crippen LogP contribution in [0.15, 0.2) is 265 Å². The van der Waals surface area contributed by atoms with E-state index in [4.69, 9.17) is 4.42 Å². The highest BCUT2D eigenvalue weighted by Crippen LogP contribution is 2.47. The number of hydrogen-bond donors (Lipinski definition) is 0. The Morgan fingerprint density at radius 2 is 0.761 bits per heavy atom. The average Bonchev–Trinajstić information content (AvgIpc) is 4.03. The molecule has 332 valence electrons. The van der Waals surface area contributed by atoms with Gasteiger partial charge >= 0.3 is 0 Å². The Balaban J connectivity index is 1.03. The molecule has 0 bridgehead atoms. The van der Waals surface area contributed by atoms with Crippen molar-refractivity contribution < 1.29 is 4.42 Å². The quantitative estimate of drug-likeness (QED) is 0.151. The molecule has 0 saturated heterocycles. The van der Waals surface area contributed by atoms with Crippen LogP contribution in [0.25, 0.3) is 119 Å². The molecule has 14 aromatic rings. The zero-order chi connectivity index (χ0) is 46.8. The van der Waals surface area contributed by atoms with Crippen LogP contribution in [0.1, 0.15) is 0 Å². The first-order valence-corrected chi connectivity index (χ1v) is 25.0. The fourth-order valence-electron chi connectivity index (χ4n) is 10.8. The Morgan fingerprint density at radius 1 is 0.268 bits per heavy atom. The zero-order valence-electron chi connectivity index (χ0n) is 38.6. The molecular formula is C68H43NOS. The first-order chi connectivity index (χ1) is 35.2. The summed E-state index contributed by atoms with van der Waals surface area (Å²) in [6, 6.07) is 95.2. The first kappa shape index (κ1) is 41.0. The molecule has 0 aliphatic heterocycles. The van der Waals surface area contributed by atoms with E-state index in [0.717, 1.165) is 83.5 Å². The third kappa shape index (κ3) is 7.17. The summed E-state index contributed by atoms with van der Waals surface area (Å²) >= 11 is 1.90. The lowest BCUT2D eigenvalue weighted by Gasteiger charge is -2.28. The third-order valence-corrected chi connectivity index (χ3v) is 15.5. The summed E-state index contributed by atoms with van der Waals surface area (Å²) in [4.78, 5) is 2.47. The lowest BCUT2D eigenvalue weighted by atomic mass is 9.94. The molecule has 0 amide bonds. The average molecular weight is 922 g/mol. The summed E-state index contributed by atoms with van der Waals surface area (Å²) in [6.45, 7) is 0. The van der Waals surface area contributed by atoms with Gasteiger partial charge in [0.25, 0.3) is 0 Å². The van der Waals surface area contributed by atoms with Crippen molar-refractivity contribution in [1.82, 2.24) is 0 Å². The maximum atomic E-state index is 6.52. The number of fused-ring (bicyclic) bond motifs is 10. The van der Waals surface area contributed by atoms with Crippen LogP contribution in [0.2, 0.25) is 0 Å². The van der Waals surface area contributed by atoms with Gasteiger partial charge in [0.15, 0.2) is 0 Å². The van der Waals surface area contributed by atoms with Gasteiger partial charge in [-0.05, 0) is 144 Å². The topological polar surface area (TPSA) is 16.4 Å². The SMILES string of the molecule is c1ccc(-c2cccc(N(c3cc(-c4ccccc4)cc(-c4ccc5oc6ccc7ccccc7c6c5c4)c3)c3cc(-c4ccccc4)cc(-c4cccc5c4sc4c6ccccc6ccc54)c3)c2)cc1. The van der Waals surface area contributed by atoms with Crippen LogP contribution in [0.4, 0.5) is 17.1 Å². The monoisotopic (exact) mass is 921 g/mol. The smallest absolute Gasteiger partial charge is 0.136 e. The molecule has 0 N–H and O–H groups in total. The molecule has 3 heteroatoms. The second-order valence-corrected chi connectivity index (χ2v) is 19.5. The third-order valence-electron chi connectivity index (χ3n) is 14.2. The molecule has 2 heterocycles. The molecular weight excluding hydrogens is 879 g/mol. The Hall–Kier alpha value is -9.02. The van der Waals surface area contributed by atoms with Gasteiger partial charge in [0.1, 0.15) is 11.2 Å². The largest absolute Gasteiger partial charge is 0.456 e. The molecule has 0 spiro atoms. The van der Waals surface area contributed by atoms with Gasteiger partial charge in [-0.15, -0.1) is 11.3 Å². The Bertz CT molecular complexity index is 4340. The van der Waals surface area contributed by atoms with Gasteiger partial charge in [-0.2, -0.15) is 0 Å². The summed E-state index contributed by atoms with van der Waals surface area (Å²) in [6.07, 6.45) is 0. The predicted molar refractivity (Wildman–Crippen MR) is 303 cm³/mol. The molecule has 0 fully saturated rings. The first-order valence-electron chi connectivity index (χ1n) is 24.2. The van der Waals surface area contributed by atoms with Crippen LogP contribution in [-0.2, 0) is 0 Å². The van der Waals surface area contributed by atoms with Gasteiger partial charge in [-0.25, -0.2) is 0 Å². The summed E-state index contributed by atoms with van der Waals surface area (Å²) in [5.74, 6) is 0. The standard InChI is InChI=1S/C68H43NOS/c1-4-16-44(17-5-1)49-24-14-25-55(38-49)69(56-39-51(45-18-6-2-7-19-45)36-53(41-56)50-32-34-64-63(43-50)66-58-26-12-10-22-47(58)31-35-65(66)70-64)57-40-52(46-20-8-3-9-21-46)37-54(42-57)60-28-15-29-61-62-33-30-48-23-11-13-27-59(48)67(62)71-68(60)61/h1-43H. The summed E-state index contributed by atoms with van der Waals surface area (Å²) in [5, 5.41) is 9.78. The van der Waals surface area contributed by atoms with E-state index in [0.29, 0.717) is 0 Å². The molecule has 0 atom stereocenters. The van der Waals surface area contributed by atoms with E-state index < -0.39 is 0 Å². The highest BCUT2D eigenvalue weighted by atomic mass is 32.1. The van der Waals surface area contributed by atoms with E-state index in [9.17, 15) is 0 Å². The van der Waals surface area contributed by atoms with Crippen LogP contribution in [-0.4, -0.2) is 0 Å². The maximum absolute atomic E-state index is 6.52. The zero-order valence-corrected chi connectivity index (χ0v) is 39.4. The number of anilines is 3. The van der Waals surface area contributed by atoms with Crippen molar-refractivity contribution in [2.24, 2.45) is 0 Å². The number of rotatable bonds is 8. The van der Waals surface area contributed by atoms with Crippen molar-refractivity contribution in [3.63, 3.8) is 0 Å². The highest BCUT2D eigenvalue weighted by Gasteiger charge is 2.21. The summed E-state index contributed by atoms with van der Waals surface area (Å²) in [5.41, 5.74) is 16.5. The second kappa shape index (κ2) is 16.9. The number of benzene rings is 12. The minimum absolute atomic E-state index is 0.881. The minimum Gasteiger partial charge on any atom is -0.456 e. The van der Waals surface area contributed by atoms with Gasteiger partial charge in [-0.1, -0.05) is 194 Å². The second-order valence-electron chi connectivity index (χ2n) is 18.4. The lowest BCUT2D eigenvalue weighted by Crippen LogP contribution is -2.11. The van der Waals surface area contributed by atoms with Crippen LogP contribution in [0.5, 0.6) is 0 Å². The predicted octanol–water partition coefficient (Wildman–Crippen LogP) is 20.1. The van der Waals surface area contributed by atoms with Crippen molar-refractivity contribution in [3.8, 4) is 55.6 Å². The number of nitrogens with zero attached hydrogens (tertiary/aromatic N) is 1. The van der Waals surface area contributed by atoms with Crippen molar-refractivity contribution in [2.45, 2.75) is 0 Å². The van der Waals surface area contributed by atoms with Crippen molar-refractivity contribution in [1.29, 1.82) is 0 Å². The molecule has 0 aliphatic rings. The molecule has 2 nitrogen and oxygen atoms in total. The molecule has 12 aromatic carbocycles. The Morgan fingerprint density at radius 3 is 1.48 bits per heavy atom. The fourth-order valence-corrected chi connectivity index (χ4v) is 12.2. The number of furan rings is 1. The highest BCUT2D eigenvalue weighted by molar-refractivity contribution is 7.27. The van der Waals surface area contributed by atoms with Crippen molar-refractivity contribution in [2.75, 3.05) is 4.90 Å². The van der Waals surface area contributed by atoms with E-state index in [1.807, 2.05) is 11.3 Å². The summed E-state index contributed by atoms with van der Waals surface area (Å²) < 4.78 is 9.13. The van der Waals surface area contributed by atoms with Gasteiger partial charge in [0.05, 0.1) is 0 Å². The molecule has 14 rings (SSSR count). The summed E-state index contributed by atoms with van der Waals surface area (Å²) in [7, 11) is 0. The Kier molecular flexibility index (Phi) is 9.75.